The summed E-state index contributed by atoms with van der Waals surface area (Å²) < 4.78 is 10.6. The SMILES string of the molecule is Cc1nc(NCCc2ccc3c(c2)OCO3)n[nH]1. The second-order valence-electron chi connectivity index (χ2n) is 4.11. The quantitative estimate of drug-likeness (QED) is 0.855. The zero-order valence-corrected chi connectivity index (χ0v) is 10.1. The first-order valence-corrected chi connectivity index (χ1v) is 5.83. The summed E-state index contributed by atoms with van der Waals surface area (Å²) in [5.74, 6) is 3.08. The number of H-pyrrole nitrogens is 1. The number of ether oxygens (including phenoxy) is 2. The van der Waals surface area contributed by atoms with E-state index >= 15 is 0 Å². The van der Waals surface area contributed by atoms with E-state index in [1.54, 1.807) is 0 Å². The van der Waals surface area contributed by atoms with Crippen molar-refractivity contribution in [2.45, 2.75) is 13.3 Å². The lowest BCUT2D eigenvalue weighted by Gasteiger charge is -2.03. The Balaban J connectivity index is 1.57. The predicted molar refractivity (Wildman–Crippen MR) is 65.9 cm³/mol. The third-order valence-corrected chi connectivity index (χ3v) is 2.73. The standard InChI is InChI=1S/C12H14N4O2/c1-8-14-12(16-15-8)13-5-4-9-2-3-10-11(6-9)18-7-17-10/h2-3,6H,4-5,7H2,1H3,(H2,13,14,15,16). The van der Waals surface area contributed by atoms with Crippen LogP contribution in [-0.2, 0) is 6.42 Å². The van der Waals surface area contributed by atoms with Crippen LogP contribution >= 0.6 is 0 Å². The molecule has 1 aliphatic heterocycles. The van der Waals surface area contributed by atoms with Gasteiger partial charge in [0.15, 0.2) is 11.5 Å². The van der Waals surface area contributed by atoms with Crippen LogP contribution in [0.25, 0.3) is 0 Å². The number of aryl methyl sites for hydroxylation is 1. The Morgan fingerprint density at radius 3 is 3.06 bits per heavy atom. The number of fused-ring (bicyclic) bond motifs is 1. The van der Waals surface area contributed by atoms with E-state index < -0.39 is 0 Å². The highest BCUT2D eigenvalue weighted by molar-refractivity contribution is 5.44. The van der Waals surface area contributed by atoms with Crippen LogP contribution in [0.1, 0.15) is 11.4 Å². The third-order valence-electron chi connectivity index (χ3n) is 2.73. The average Bonchev–Trinajstić information content (AvgIpc) is 2.97. The number of benzene rings is 1. The van der Waals surface area contributed by atoms with Crippen molar-refractivity contribution >= 4 is 5.95 Å². The van der Waals surface area contributed by atoms with Crippen molar-refractivity contribution in [2.75, 3.05) is 18.7 Å². The van der Waals surface area contributed by atoms with Crippen LogP contribution in [0.5, 0.6) is 11.5 Å². The first-order chi connectivity index (χ1) is 8.81. The molecule has 18 heavy (non-hydrogen) atoms. The van der Waals surface area contributed by atoms with Crippen LogP contribution in [-0.4, -0.2) is 28.5 Å². The van der Waals surface area contributed by atoms with E-state index in [0.29, 0.717) is 12.7 Å². The molecule has 0 radical (unpaired) electrons. The Morgan fingerprint density at radius 1 is 1.33 bits per heavy atom. The summed E-state index contributed by atoms with van der Waals surface area (Å²) in [6.45, 7) is 2.96. The number of nitrogens with one attached hydrogen (secondary N) is 2. The number of aromatic amines is 1. The molecule has 2 heterocycles. The van der Waals surface area contributed by atoms with E-state index in [1.165, 1.54) is 5.56 Å². The number of nitrogens with zero attached hydrogens (tertiary/aromatic N) is 2. The fraction of sp³-hybridized carbons (Fsp3) is 0.333. The van der Waals surface area contributed by atoms with Crippen molar-refractivity contribution in [3.8, 4) is 11.5 Å². The minimum Gasteiger partial charge on any atom is -0.454 e. The van der Waals surface area contributed by atoms with E-state index in [1.807, 2.05) is 25.1 Å². The van der Waals surface area contributed by atoms with Crippen molar-refractivity contribution in [2.24, 2.45) is 0 Å². The van der Waals surface area contributed by atoms with Crippen molar-refractivity contribution in [1.29, 1.82) is 0 Å². The number of rotatable bonds is 4. The topological polar surface area (TPSA) is 72.1 Å². The van der Waals surface area contributed by atoms with Crippen molar-refractivity contribution in [1.82, 2.24) is 15.2 Å². The second-order valence-corrected chi connectivity index (χ2v) is 4.11. The Bertz CT molecular complexity index is 553. The van der Waals surface area contributed by atoms with Crippen LogP contribution in [0.2, 0.25) is 0 Å². The highest BCUT2D eigenvalue weighted by Crippen LogP contribution is 2.32. The molecule has 0 fully saturated rings. The van der Waals surface area contributed by atoms with Crippen molar-refractivity contribution in [3.05, 3.63) is 29.6 Å². The van der Waals surface area contributed by atoms with Crippen LogP contribution < -0.4 is 14.8 Å². The Kier molecular flexibility index (Phi) is 2.76. The maximum absolute atomic E-state index is 5.33. The normalized spacial score (nSPS) is 12.7. The summed E-state index contributed by atoms with van der Waals surface area (Å²) in [5, 5.41) is 9.96. The first kappa shape index (κ1) is 10.9. The minimum absolute atomic E-state index is 0.313. The van der Waals surface area contributed by atoms with Gasteiger partial charge in [0.2, 0.25) is 12.7 Å². The van der Waals surface area contributed by atoms with Gasteiger partial charge in [0.1, 0.15) is 5.82 Å². The molecule has 6 heteroatoms. The molecule has 94 valence electrons. The summed E-state index contributed by atoms with van der Waals surface area (Å²) in [6, 6.07) is 5.99. The molecule has 1 aliphatic rings. The van der Waals surface area contributed by atoms with Gasteiger partial charge < -0.3 is 14.8 Å². The van der Waals surface area contributed by atoms with E-state index in [0.717, 1.165) is 30.3 Å². The second kappa shape index (κ2) is 4.56. The van der Waals surface area contributed by atoms with E-state index in [-0.39, 0.29) is 0 Å². The molecule has 0 saturated carbocycles. The third kappa shape index (κ3) is 2.22. The highest BCUT2D eigenvalue weighted by atomic mass is 16.7. The van der Waals surface area contributed by atoms with Crippen LogP contribution in [0.3, 0.4) is 0 Å². The monoisotopic (exact) mass is 246 g/mol. The first-order valence-electron chi connectivity index (χ1n) is 5.83. The fourth-order valence-electron chi connectivity index (χ4n) is 1.84. The van der Waals surface area contributed by atoms with E-state index in [9.17, 15) is 0 Å². The van der Waals surface area contributed by atoms with Gasteiger partial charge >= 0.3 is 0 Å². The maximum Gasteiger partial charge on any atom is 0.242 e. The molecule has 0 amide bonds. The molecule has 1 aromatic carbocycles. The smallest absolute Gasteiger partial charge is 0.242 e. The lowest BCUT2D eigenvalue weighted by Crippen LogP contribution is -2.06. The Morgan fingerprint density at radius 2 is 2.22 bits per heavy atom. The number of aromatic nitrogens is 3. The molecule has 2 aromatic rings. The van der Waals surface area contributed by atoms with Gasteiger partial charge in [0, 0.05) is 6.54 Å². The summed E-state index contributed by atoms with van der Waals surface area (Å²) in [5.41, 5.74) is 1.19. The molecule has 0 bridgehead atoms. The zero-order chi connectivity index (χ0) is 12.4. The van der Waals surface area contributed by atoms with Gasteiger partial charge in [0.25, 0.3) is 0 Å². The number of hydrogen-bond acceptors (Lipinski definition) is 5. The molecule has 6 nitrogen and oxygen atoms in total. The Labute approximate surface area is 104 Å². The molecule has 0 atom stereocenters. The van der Waals surface area contributed by atoms with Gasteiger partial charge in [-0.25, -0.2) is 0 Å². The van der Waals surface area contributed by atoms with Gasteiger partial charge in [-0.2, -0.15) is 4.98 Å². The molecule has 0 aliphatic carbocycles. The molecule has 3 rings (SSSR count). The molecule has 0 saturated heterocycles. The highest BCUT2D eigenvalue weighted by Gasteiger charge is 2.12. The van der Waals surface area contributed by atoms with Crippen LogP contribution in [0, 0.1) is 6.92 Å². The van der Waals surface area contributed by atoms with Crippen LogP contribution in [0.4, 0.5) is 5.95 Å². The summed E-state index contributed by atoms with van der Waals surface area (Å²) in [4.78, 5) is 4.18. The fourth-order valence-corrected chi connectivity index (χ4v) is 1.84. The van der Waals surface area contributed by atoms with Gasteiger partial charge in [0.05, 0.1) is 0 Å². The molecule has 2 N–H and O–H groups in total. The summed E-state index contributed by atoms with van der Waals surface area (Å²) in [6.07, 6.45) is 0.879. The molecule has 0 spiro atoms. The van der Waals surface area contributed by atoms with Crippen LogP contribution in [0.15, 0.2) is 18.2 Å². The molecule has 1 aromatic heterocycles. The lowest BCUT2D eigenvalue weighted by atomic mass is 10.1. The van der Waals surface area contributed by atoms with Gasteiger partial charge in [-0.05, 0) is 31.0 Å². The summed E-state index contributed by atoms with van der Waals surface area (Å²) >= 11 is 0. The van der Waals surface area contributed by atoms with Crippen molar-refractivity contribution in [3.63, 3.8) is 0 Å². The number of hydrogen-bond donors (Lipinski definition) is 2. The maximum atomic E-state index is 5.33. The Hall–Kier alpha value is -2.24. The van der Waals surface area contributed by atoms with Gasteiger partial charge in [-0.15, -0.1) is 5.10 Å². The van der Waals surface area contributed by atoms with E-state index in [2.05, 4.69) is 20.5 Å². The van der Waals surface area contributed by atoms with Gasteiger partial charge in [-0.3, -0.25) is 5.10 Å². The van der Waals surface area contributed by atoms with E-state index in [4.69, 9.17) is 9.47 Å². The molecular weight excluding hydrogens is 232 g/mol. The molecule has 0 unspecified atom stereocenters. The van der Waals surface area contributed by atoms with Crippen molar-refractivity contribution < 1.29 is 9.47 Å². The zero-order valence-electron chi connectivity index (χ0n) is 10.1. The minimum atomic E-state index is 0.313. The average molecular weight is 246 g/mol. The largest absolute Gasteiger partial charge is 0.454 e. The lowest BCUT2D eigenvalue weighted by molar-refractivity contribution is 0.174. The predicted octanol–water partition coefficient (Wildman–Crippen LogP) is 1.50. The summed E-state index contributed by atoms with van der Waals surface area (Å²) in [7, 11) is 0. The van der Waals surface area contributed by atoms with Gasteiger partial charge in [-0.1, -0.05) is 6.07 Å². The molecular formula is C12H14N4O2. The number of anilines is 1.